The zero-order chi connectivity index (χ0) is 30.0. The van der Waals surface area contributed by atoms with E-state index in [9.17, 15) is 19.2 Å². The van der Waals surface area contributed by atoms with Gasteiger partial charge in [-0.25, -0.2) is 4.79 Å². The standard InChI is InChI=1S/C33H44N2O6/c1-22(2)16-26(31(38)34-28(30(37)33(5)21-41-33)18-24-12-8-6-9-13-24)19-29(36)27(17-23(3)4)35-32(39)40-20-25-14-10-7-11-15-25/h6-15,22-23,26-28H,16-21H2,1-5H3,(H,34,38)(H,35,39)/t26-,27?,28+,33?/m1/s1. The molecule has 0 saturated carbocycles. The number of Topliss-reactive ketones (excluding diaryl/α,β-unsaturated/α-hetero) is 2. The van der Waals surface area contributed by atoms with E-state index in [0.29, 0.717) is 25.9 Å². The summed E-state index contributed by atoms with van der Waals surface area (Å²) in [7, 11) is 0. The zero-order valence-electron chi connectivity index (χ0n) is 24.9. The highest BCUT2D eigenvalue weighted by molar-refractivity contribution is 5.98. The minimum atomic E-state index is -0.900. The largest absolute Gasteiger partial charge is 0.445 e. The first-order valence-electron chi connectivity index (χ1n) is 14.5. The highest BCUT2D eigenvalue weighted by Crippen LogP contribution is 2.29. The maximum absolute atomic E-state index is 13.6. The van der Waals surface area contributed by atoms with Crippen LogP contribution in [-0.4, -0.2) is 47.9 Å². The monoisotopic (exact) mass is 564 g/mol. The van der Waals surface area contributed by atoms with Gasteiger partial charge in [-0.3, -0.25) is 14.4 Å². The summed E-state index contributed by atoms with van der Waals surface area (Å²) in [6.07, 6.45) is 0.478. The number of benzene rings is 2. The summed E-state index contributed by atoms with van der Waals surface area (Å²) >= 11 is 0. The van der Waals surface area contributed by atoms with Gasteiger partial charge in [-0.15, -0.1) is 0 Å². The van der Waals surface area contributed by atoms with Crippen LogP contribution in [0.2, 0.25) is 0 Å². The molecule has 1 fully saturated rings. The molecule has 1 saturated heterocycles. The molecule has 0 spiro atoms. The van der Waals surface area contributed by atoms with E-state index in [2.05, 4.69) is 10.6 Å². The molecule has 222 valence electrons. The van der Waals surface area contributed by atoms with Gasteiger partial charge in [0.05, 0.1) is 18.7 Å². The van der Waals surface area contributed by atoms with E-state index in [1.54, 1.807) is 6.92 Å². The van der Waals surface area contributed by atoms with Crippen molar-refractivity contribution >= 4 is 23.6 Å². The number of ether oxygens (including phenoxy) is 2. The first-order chi connectivity index (χ1) is 19.5. The molecule has 2 N–H and O–H groups in total. The van der Waals surface area contributed by atoms with E-state index in [4.69, 9.17) is 9.47 Å². The lowest BCUT2D eigenvalue weighted by Crippen LogP contribution is -2.50. The van der Waals surface area contributed by atoms with Crippen molar-refractivity contribution in [2.45, 2.75) is 84.6 Å². The first kappa shape index (κ1) is 32.0. The van der Waals surface area contributed by atoms with Gasteiger partial charge in [-0.1, -0.05) is 88.4 Å². The molecule has 1 aliphatic heterocycles. The van der Waals surface area contributed by atoms with Gasteiger partial charge in [0.15, 0.2) is 11.6 Å². The number of amides is 2. The molecule has 1 heterocycles. The van der Waals surface area contributed by atoms with Gasteiger partial charge in [0, 0.05) is 12.3 Å². The summed E-state index contributed by atoms with van der Waals surface area (Å²) in [5.74, 6) is -1.15. The number of hydrogen-bond donors (Lipinski definition) is 2. The minimum Gasteiger partial charge on any atom is -0.445 e. The Kier molecular flexibility index (Phi) is 11.6. The molecule has 0 aliphatic carbocycles. The van der Waals surface area contributed by atoms with Crippen LogP contribution in [0, 0.1) is 17.8 Å². The van der Waals surface area contributed by atoms with E-state index >= 15 is 0 Å². The molecule has 1 aliphatic rings. The number of alkyl carbamates (subject to hydrolysis) is 1. The predicted octanol–water partition coefficient (Wildman–Crippen LogP) is 5.03. The first-order valence-corrected chi connectivity index (χ1v) is 14.5. The smallest absolute Gasteiger partial charge is 0.408 e. The number of ketones is 2. The van der Waals surface area contributed by atoms with Gasteiger partial charge in [0.1, 0.15) is 12.2 Å². The normalized spacial score (nSPS) is 18.3. The van der Waals surface area contributed by atoms with Gasteiger partial charge in [0.25, 0.3) is 0 Å². The van der Waals surface area contributed by atoms with Crippen molar-refractivity contribution in [1.82, 2.24) is 10.6 Å². The van der Waals surface area contributed by atoms with E-state index in [1.807, 2.05) is 88.4 Å². The topological polar surface area (TPSA) is 114 Å². The maximum Gasteiger partial charge on any atom is 0.408 e. The van der Waals surface area contributed by atoms with Crippen LogP contribution in [0.25, 0.3) is 0 Å². The molecule has 0 bridgehead atoms. The second-order valence-electron chi connectivity index (χ2n) is 12.0. The number of hydrogen-bond acceptors (Lipinski definition) is 6. The molecule has 3 rings (SSSR count). The van der Waals surface area contributed by atoms with E-state index in [0.717, 1.165) is 11.1 Å². The van der Waals surface area contributed by atoms with Gasteiger partial charge in [-0.2, -0.15) is 0 Å². The second kappa shape index (κ2) is 14.9. The summed E-state index contributed by atoms with van der Waals surface area (Å²) in [5.41, 5.74) is 0.859. The van der Waals surface area contributed by atoms with Crippen molar-refractivity contribution in [3.63, 3.8) is 0 Å². The fraction of sp³-hybridized carbons (Fsp3) is 0.515. The van der Waals surface area contributed by atoms with E-state index < -0.39 is 29.7 Å². The van der Waals surface area contributed by atoms with Crippen molar-refractivity contribution < 1.29 is 28.7 Å². The van der Waals surface area contributed by atoms with Crippen molar-refractivity contribution in [3.8, 4) is 0 Å². The molecule has 41 heavy (non-hydrogen) atoms. The van der Waals surface area contributed by atoms with E-state index in [-0.39, 0.29) is 42.3 Å². The molecule has 8 heteroatoms. The van der Waals surface area contributed by atoms with Crippen LogP contribution in [0.3, 0.4) is 0 Å². The van der Waals surface area contributed by atoms with Crippen molar-refractivity contribution in [1.29, 1.82) is 0 Å². The van der Waals surface area contributed by atoms with Gasteiger partial charge in [0.2, 0.25) is 5.91 Å². The average Bonchev–Trinajstić information content (AvgIpc) is 3.69. The molecule has 2 amide bonds. The number of epoxide rings is 1. The van der Waals surface area contributed by atoms with Crippen molar-refractivity contribution in [2.24, 2.45) is 17.8 Å². The molecular weight excluding hydrogens is 520 g/mol. The molecule has 2 aromatic rings. The Morgan fingerprint density at radius 2 is 1.39 bits per heavy atom. The van der Waals surface area contributed by atoms with Crippen molar-refractivity contribution in [3.05, 3.63) is 71.8 Å². The highest BCUT2D eigenvalue weighted by Gasteiger charge is 2.50. The lowest BCUT2D eigenvalue weighted by molar-refractivity contribution is -0.134. The third-order valence-electron chi connectivity index (χ3n) is 7.19. The number of carbonyl (C=O) groups excluding carboxylic acids is 4. The summed E-state index contributed by atoms with van der Waals surface area (Å²) < 4.78 is 10.7. The molecule has 0 radical (unpaired) electrons. The summed E-state index contributed by atoms with van der Waals surface area (Å²) in [4.78, 5) is 53.0. The molecule has 0 aromatic heterocycles. The Bertz CT molecular complexity index is 1160. The summed E-state index contributed by atoms with van der Waals surface area (Å²) in [5, 5.41) is 5.67. The maximum atomic E-state index is 13.6. The van der Waals surface area contributed by atoms with Crippen molar-refractivity contribution in [2.75, 3.05) is 6.61 Å². The molecule has 8 nitrogen and oxygen atoms in total. The van der Waals surface area contributed by atoms with Crippen LogP contribution >= 0.6 is 0 Å². The Balaban J connectivity index is 1.70. The highest BCUT2D eigenvalue weighted by atomic mass is 16.6. The van der Waals surface area contributed by atoms with Crippen LogP contribution in [-0.2, 0) is 36.9 Å². The predicted molar refractivity (Wildman–Crippen MR) is 157 cm³/mol. The Hall–Kier alpha value is -3.52. The third kappa shape index (κ3) is 10.4. The molecule has 2 unspecified atom stereocenters. The van der Waals surface area contributed by atoms with Crippen LogP contribution < -0.4 is 10.6 Å². The van der Waals surface area contributed by atoms with Crippen LogP contribution in [0.4, 0.5) is 4.79 Å². The lowest BCUT2D eigenvalue weighted by atomic mass is 9.87. The van der Waals surface area contributed by atoms with E-state index in [1.165, 1.54) is 0 Å². The Morgan fingerprint density at radius 1 is 0.829 bits per heavy atom. The van der Waals surface area contributed by atoms with Crippen LogP contribution in [0.5, 0.6) is 0 Å². The molecular formula is C33H44N2O6. The zero-order valence-corrected chi connectivity index (χ0v) is 24.9. The fourth-order valence-electron chi connectivity index (χ4n) is 4.85. The summed E-state index contributed by atoms with van der Waals surface area (Å²) in [6, 6.07) is 17.2. The summed E-state index contributed by atoms with van der Waals surface area (Å²) in [6.45, 7) is 10.1. The fourth-order valence-corrected chi connectivity index (χ4v) is 4.85. The average molecular weight is 565 g/mol. The SMILES string of the molecule is CC(C)CC(NC(=O)OCc1ccccc1)C(=O)C[C@@H](CC(C)C)C(=O)N[C@@H](Cc1ccccc1)C(=O)C1(C)CO1. The van der Waals surface area contributed by atoms with Gasteiger partial charge >= 0.3 is 6.09 Å². The van der Waals surface area contributed by atoms with Crippen LogP contribution in [0.1, 0.15) is 65.0 Å². The number of nitrogens with one attached hydrogen (secondary N) is 2. The van der Waals surface area contributed by atoms with Crippen LogP contribution in [0.15, 0.2) is 60.7 Å². The van der Waals surface area contributed by atoms with Gasteiger partial charge in [-0.05, 0) is 49.1 Å². The Labute approximate surface area is 243 Å². The molecule has 2 aromatic carbocycles. The second-order valence-corrected chi connectivity index (χ2v) is 12.0. The molecule has 4 atom stereocenters. The Morgan fingerprint density at radius 3 is 1.93 bits per heavy atom. The quantitative estimate of drug-likeness (QED) is 0.276. The number of rotatable bonds is 16. The third-order valence-corrected chi connectivity index (χ3v) is 7.19. The minimum absolute atomic E-state index is 0.0552. The lowest BCUT2D eigenvalue weighted by Gasteiger charge is -2.26. The number of carbonyl (C=O) groups is 4. The van der Waals surface area contributed by atoms with Gasteiger partial charge < -0.3 is 20.1 Å².